The van der Waals surface area contributed by atoms with Crippen LogP contribution in [0.4, 0.5) is 4.79 Å². The van der Waals surface area contributed by atoms with Crippen molar-refractivity contribution in [3.8, 4) is 0 Å². The summed E-state index contributed by atoms with van der Waals surface area (Å²) in [5, 5.41) is 10.2. The summed E-state index contributed by atoms with van der Waals surface area (Å²) in [4.78, 5) is 36.9. The van der Waals surface area contributed by atoms with E-state index in [2.05, 4.69) is 6.92 Å². The molecule has 19 heavy (non-hydrogen) atoms. The number of hydrogen-bond donors (Lipinski definition) is 1. The Bertz CT molecular complexity index is 393. The summed E-state index contributed by atoms with van der Waals surface area (Å²) in [5.74, 6) is -1.75. The van der Waals surface area contributed by atoms with E-state index in [1.165, 1.54) is 14.1 Å². The molecular formula is C13H20N2O4. The number of allylic oxidation sites excluding steroid dienone is 1. The van der Waals surface area contributed by atoms with Crippen LogP contribution in [0.1, 0.15) is 32.6 Å². The van der Waals surface area contributed by atoms with Gasteiger partial charge in [-0.2, -0.15) is 0 Å². The van der Waals surface area contributed by atoms with Gasteiger partial charge in [0.15, 0.2) is 0 Å². The van der Waals surface area contributed by atoms with E-state index in [1.807, 2.05) is 6.08 Å². The molecule has 0 aromatic rings. The summed E-state index contributed by atoms with van der Waals surface area (Å²) in [6.07, 6.45) is 6.22. The molecule has 0 aromatic carbocycles. The summed E-state index contributed by atoms with van der Waals surface area (Å²) >= 11 is 0. The Morgan fingerprint density at radius 2 is 1.63 bits per heavy atom. The molecule has 106 valence electrons. The summed E-state index contributed by atoms with van der Waals surface area (Å²) in [6, 6.07) is -0.727. The minimum Gasteiger partial charge on any atom is -0.371 e. The van der Waals surface area contributed by atoms with Crippen LogP contribution in [0.2, 0.25) is 0 Å². The predicted molar refractivity (Wildman–Crippen MR) is 69.2 cm³/mol. The summed E-state index contributed by atoms with van der Waals surface area (Å²) in [7, 11) is 2.50. The standard InChI is InChI=1S/C13H20N2O4/c1-4-5-6-7-8-9-13(19)10(16)14(2)12(18)15(3)11(13)17/h7-8,19H,4-6,9H2,1-3H3/b8-7+. The molecule has 4 amide bonds. The van der Waals surface area contributed by atoms with Crippen LogP contribution in [0.25, 0.3) is 0 Å². The lowest BCUT2D eigenvalue weighted by Crippen LogP contribution is -2.66. The van der Waals surface area contributed by atoms with Crippen molar-refractivity contribution in [3.05, 3.63) is 12.2 Å². The second-order valence-electron chi connectivity index (χ2n) is 4.69. The molecule has 0 radical (unpaired) electrons. The molecule has 1 saturated heterocycles. The van der Waals surface area contributed by atoms with Gasteiger partial charge in [0.25, 0.3) is 11.8 Å². The minimum atomic E-state index is -2.17. The molecule has 0 bridgehead atoms. The molecule has 1 rings (SSSR count). The zero-order valence-corrected chi connectivity index (χ0v) is 11.5. The fourth-order valence-corrected chi connectivity index (χ4v) is 1.91. The SMILES string of the molecule is CCCC/C=C/CC1(O)C(=O)N(C)C(=O)N(C)C1=O. The average molecular weight is 268 g/mol. The van der Waals surface area contributed by atoms with E-state index >= 15 is 0 Å². The van der Waals surface area contributed by atoms with Gasteiger partial charge in [0.2, 0.25) is 5.60 Å². The number of urea groups is 1. The topological polar surface area (TPSA) is 77.9 Å². The zero-order valence-electron chi connectivity index (χ0n) is 11.5. The number of carbonyl (C=O) groups excluding carboxylic acids is 3. The molecule has 0 unspecified atom stereocenters. The lowest BCUT2D eigenvalue weighted by atomic mass is 9.93. The Morgan fingerprint density at radius 1 is 1.11 bits per heavy atom. The molecule has 1 aliphatic heterocycles. The Morgan fingerprint density at radius 3 is 2.11 bits per heavy atom. The van der Waals surface area contributed by atoms with Gasteiger partial charge in [-0.15, -0.1) is 0 Å². The monoisotopic (exact) mass is 268 g/mol. The molecule has 6 heteroatoms. The fourth-order valence-electron chi connectivity index (χ4n) is 1.91. The third-order valence-corrected chi connectivity index (χ3v) is 3.20. The number of amides is 4. The number of carbonyl (C=O) groups is 3. The first-order valence-corrected chi connectivity index (χ1v) is 6.34. The third kappa shape index (κ3) is 2.84. The number of nitrogens with zero attached hydrogens (tertiary/aromatic N) is 2. The van der Waals surface area contributed by atoms with Crippen LogP contribution in [-0.2, 0) is 9.59 Å². The van der Waals surface area contributed by atoms with Gasteiger partial charge < -0.3 is 5.11 Å². The molecule has 6 nitrogen and oxygen atoms in total. The van der Waals surface area contributed by atoms with E-state index in [0.717, 1.165) is 29.1 Å². The Balaban J connectivity index is 2.82. The zero-order chi connectivity index (χ0) is 14.6. The van der Waals surface area contributed by atoms with Gasteiger partial charge in [0.05, 0.1) is 0 Å². The van der Waals surface area contributed by atoms with E-state index in [0.29, 0.717) is 0 Å². The predicted octanol–water partition coefficient (Wildman–Crippen LogP) is 0.904. The number of imide groups is 2. The van der Waals surface area contributed by atoms with Gasteiger partial charge in [-0.1, -0.05) is 31.9 Å². The van der Waals surface area contributed by atoms with E-state index in [4.69, 9.17) is 0 Å². The average Bonchev–Trinajstić information content (AvgIpc) is 2.41. The van der Waals surface area contributed by atoms with Crippen molar-refractivity contribution in [2.45, 2.75) is 38.2 Å². The first kappa shape index (κ1) is 15.4. The van der Waals surface area contributed by atoms with Crippen molar-refractivity contribution >= 4 is 17.8 Å². The molecule has 1 N–H and O–H groups in total. The number of rotatable bonds is 5. The lowest BCUT2D eigenvalue weighted by Gasteiger charge is -2.37. The van der Waals surface area contributed by atoms with E-state index in [-0.39, 0.29) is 6.42 Å². The van der Waals surface area contributed by atoms with Crippen molar-refractivity contribution in [2.75, 3.05) is 14.1 Å². The molecule has 0 atom stereocenters. The second-order valence-corrected chi connectivity index (χ2v) is 4.69. The van der Waals surface area contributed by atoms with Crippen LogP contribution in [0.3, 0.4) is 0 Å². The van der Waals surface area contributed by atoms with Gasteiger partial charge in [-0.25, -0.2) is 4.79 Å². The third-order valence-electron chi connectivity index (χ3n) is 3.20. The van der Waals surface area contributed by atoms with E-state index in [9.17, 15) is 19.5 Å². The number of likely N-dealkylation sites (N-methyl/N-ethyl adjacent to an activating group) is 2. The van der Waals surface area contributed by atoms with Gasteiger partial charge in [-0.05, 0) is 6.42 Å². The van der Waals surface area contributed by atoms with Crippen molar-refractivity contribution in [3.63, 3.8) is 0 Å². The normalized spacial score (nSPS) is 19.7. The van der Waals surface area contributed by atoms with Crippen molar-refractivity contribution in [2.24, 2.45) is 0 Å². The maximum atomic E-state index is 11.9. The number of hydrogen-bond acceptors (Lipinski definition) is 4. The van der Waals surface area contributed by atoms with Crippen LogP contribution in [0, 0.1) is 0 Å². The molecule has 0 saturated carbocycles. The summed E-state index contributed by atoms with van der Waals surface area (Å²) in [6.45, 7) is 2.06. The summed E-state index contributed by atoms with van der Waals surface area (Å²) in [5.41, 5.74) is -2.17. The maximum Gasteiger partial charge on any atom is 0.333 e. The molecule has 1 fully saturated rings. The largest absolute Gasteiger partial charge is 0.371 e. The highest BCUT2D eigenvalue weighted by atomic mass is 16.3. The molecular weight excluding hydrogens is 248 g/mol. The van der Waals surface area contributed by atoms with Crippen molar-refractivity contribution in [1.29, 1.82) is 0 Å². The van der Waals surface area contributed by atoms with Crippen LogP contribution < -0.4 is 0 Å². The second kappa shape index (κ2) is 5.97. The molecule has 1 heterocycles. The number of aliphatic hydroxyl groups is 1. The number of unbranched alkanes of at least 4 members (excludes halogenated alkanes) is 2. The molecule has 1 aliphatic rings. The van der Waals surface area contributed by atoms with Crippen LogP contribution in [0.15, 0.2) is 12.2 Å². The molecule has 0 aromatic heterocycles. The first-order chi connectivity index (χ1) is 8.86. The van der Waals surface area contributed by atoms with Crippen molar-refractivity contribution in [1.82, 2.24) is 9.80 Å². The quantitative estimate of drug-likeness (QED) is 0.456. The Labute approximate surface area is 112 Å². The highest BCUT2D eigenvalue weighted by Gasteiger charge is 2.53. The van der Waals surface area contributed by atoms with Crippen LogP contribution in [0.5, 0.6) is 0 Å². The van der Waals surface area contributed by atoms with E-state index < -0.39 is 23.4 Å². The number of barbiturate groups is 1. The Hall–Kier alpha value is -1.69. The first-order valence-electron chi connectivity index (χ1n) is 6.34. The smallest absolute Gasteiger partial charge is 0.333 e. The van der Waals surface area contributed by atoms with Gasteiger partial charge in [-0.3, -0.25) is 19.4 Å². The highest BCUT2D eigenvalue weighted by Crippen LogP contribution is 2.23. The van der Waals surface area contributed by atoms with Gasteiger partial charge >= 0.3 is 6.03 Å². The lowest BCUT2D eigenvalue weighted by molar-refractivity contribution is -0.167. The van der Waals surface area contributed by atoms with Crippen LogP contribution in [-0.4, -0.2) is 52.4 Å². The fraction of sp³-hybridized carbons (Fsp3) is 0.615. The molecule has 0 aliphatic carbocycles. The molecule has 0 spiro atoms. The van der Waals surface area contributed by atoms with Crippen LogP contribution >= 0.6 is 0 Å². The van der Waals surface area contributed by atoms with Crippen molar-refractivity contribution < 1.29 is 19.5 Å². The van der Waals surface area contributed by atoms with E-state index in [1.54, 1.807) is 6.08 Å². The highest BCUT2D eigenvalue weighted by molar-refractivity contribution is 6.21. The summed E-state index contributed by atoms with van der Waals surface area (Å²) < 4.78 is 0. The Kier molecular flexibility index (Phi) is 4.83. The minimum absolute atomic E-state index is 0.115. The maximum absolute atomic E-state index is 11.9. The van der Waals surface area contributed by atoms with Gasteiger partial charge in [0.1, 0.15) is 0 Å². The van der Waals surface area contributed by atoms with Gasteiger partial charge in [0, 0.05) is 20.5 Å².